The second-order valence-electron chi connectivity index (χ2n) is 9.26. The molecule has 0 saturated carbocycles. The highest BCUT2D eigenvalue weighted by molar-refractivity contribution is 7.92. The SMILES string of the molecule is CNC(=O)c1c(-c2ccc(Oc3ccc(F)cc3)cc2)oc2cc3c(cc12)C(C)OC(C)CN3S(C)(=O)=O. The Bertz CT molecular complexity index is 1610. The average molecular weight is 539 g/mol. The Balaban J connectivity index is 1.62. The Morgan fingerprint density at radius 1 is 1.05 bits per heavy atom. The van der Waals surface area contributed by atoms with E-state index >= 15 is 0 Å². The molecule has 0 spiro atoms. The summed E-state index contributed by atoms with van der Waals surface area (Å²) in [6.07, 6.45) is 0.418. The van der Waals surface area contributed by atoms with Crippen molar-refractivity contribution >= 4 is 32.6 Å². The van der Waals surface area contributed by atoms with Crippen molar-refractivity contribution < 1.29 is 31.5 Å². The zero-order valence-electron chi connectivity index (χ0n) is 21.3. The lowest BCUT2D eigenvalue weighted by Gasteiger charge is -2.23. The number of anilines is 1. The van der Waals surface area contributed by atoms with Crippen LogP contribution in [0.25, 0.3) is 22.3 Å². The largest absolute Gasteiger partial charge is 0.457 e. The standard InChI is InChI=1S/C28H27FN2O6S/c1-16-15-31(38(4,33)34)24-14-25-23(13-22(24)17(2)35-16)26(28(32)30-3)27(37-25)18-5-9-20(10-6-18)36-21-11-7-19(29)8-12-21/h5-14,16-17H,15H2,1-4H3,(H,30,32). The lowest BCUT2D eigenvalue weighted by molar-refractivity contribution is 0.0175. The molecule has 2 heterocycles. The van der Waals surface area contributed by atoms with Crippen molar-refractivity contribution in [2.45, 2.75) is 26.1 Å². The van der Waals surface area contributed by atoms with Gasteiger partial charge < -0.3 is 19.2 Å². The molecule has 0 bridgehead atoms. The molecule has 1 N–H and O–H groups in total. The minimum Gasteiger partial charge on any atom is -0.457 e. The summed E-state index contributed by atoms with van der Waals surface area (Å²) in [6.45, 7) is 3.84. The summed E-state index contributed by atoms with van der Waals surface area (Å²) >= 11 is 0. The van der Waals surface area contributed by atoms with Crippen LogP contribution in [-0.2, 0) is 14.8 Å². The van der Waals surface area contributed by atoms with Crippen LogP contribution in [0.3, 0.4) is 0 Å². The van der Waals surface area contributed by atoms with Crippen LogP contribution in [0.4, 0.5) is 10.1 Å². The molecule has 1 aliphatic rings. The van der Waals surface area contributed by atoms with Gasteiger partial charge in [0.1, 0.15) is 28.7 Å². The van der Waals surface area contributed by atoms with Gasteiger partial charge in [0.2, 0.25) is 10.0 Å². The molecule has 4 aromatic rings. The fraction of sp³-hybridized carbons (Fsp3) is 0.250. The number of rotatable bonds is 5. The second-order valence-corrected chi connectivity index (χ2v) is 11.2. The highest BCUT2D eigenvalue weighted by atomic mass is 32.2. The number of nitrogens with one attached hydrogen (secondary N) is 1. The van der Waals surface area contributed by atoms with Gasteiger partial charge in [-0.1, -0.05) is 0 Å². The number of benzene rings is 3. The number of halogens is 1. The number of hydrogen-bond donors (Lipinski definition) is 1. The van der Waals surface area contributed by atoms with Gasteiger partial charge in [0, 0.05) is 29.6 Å². The first kappa shape index (κ1) is 25.7. The highest BCUT2D eigenvalue weighted by Gasteiger charge is 2.32. The first-order valence-electron chi connectivity index (χ1n) is 12.0. The van der Waals surface area contributed by atoms with Crippen LogP contribution in [0.1, 0.15) is 35.9 Å². The lowest BCUT2D eigenvalue weighted by atomic mass is 10.0. The van der Waals surface area contributed by atoms with Crippen molar-refractivity contribution in [3.8, 4) is 22.8 Å². The van der Waals surface area contributed by atoms with E-state index in [1.54, 1.807) is 36.4 Å². The van der Waals surface area contributed by atoms with Crippen LogP contribution in [0.2, 0.25) is 0 Å². The zero-order chi connectivity index (χ0) is 27.2. The predicted molar refractivity (Wildman–Crippen MR) is 143 cm³/mol. The third kappa shape index (κ3) is 4.84. The van der Waals surface area contributed by atoms with Crippen molar-refractivity contribution in [1.82, 2.24) is 5.32 Å². The van der Waals surface area contributed by atoms with E-state index in [-0.39, 0.29) is 24.4 Å². The molecular formula is C28H27FN2O6S. The van der Waals surface area contributed by atoms with Gasteiger partial charge in [-0.3, -0.25) is 9.10 Å². The maximum Gasteiger partial charge on any atom is 0.255 e. The minimum atomic E-state index is -3.60. The van der Waals surface area contributed by atoms with Crippen molar-refractivity contribution in [3.05, 3.63) is 77.6 Å². The Morgan fingerprint density at radius 2 is 1.68 bits per heavy atom. The van der Waals surface area contributed by atoms with Gasteiger partial charge in [-0.2, -0.15) is 0 Å². The number of sulfonamides is 1. The molecule has 8 nitrogen and oxygen atoms in total. The summed E-state index contributed by atoms with van der Waals surface area (Å²) in [6, 6.07) is 16.1. The molecule has 0 fully saturated rings. The summed E-state index contributed by atoms with van der Waals surface area (Å²) < 4.78 is 57.8. The molecular weight excluding hydrogens is 511 g/mol. The van der Waals surface area contributed by atoms with Crippen molar-refractivity contribution in [2.75, 3.05) is 24.2 Å². The lowest BCUT2D eigenvalue weighted by Crippen LogP contribution is -2.35. The third-order valence-electron chi connectivity index (χ3n) is 6.42. The molecule has 0 saturated heterocycles. The third-order valence-corrected chi connectivity index (χ3v) is 7.57. The maximum atomic E-state index is 13.2. The van der Waals surface area contributed by atoms with Crippen LogP contribution in [0, 0.1) is 5.82 Å². The molecule has 38 heavy (non-hydrogen) atoms. The predicted octanol–water partition coefficient (Wildman–Crippen LogP) is 5.64. The molecule has 0 aliphatic carbocycles. The molecule has 1 amide bonds. The molecule has 1 aliphatic heterocycles. The Labute approximate surface area is 220 Å². The second kappa shape index (κ2) is 9.77. The summed E-state index contributed by atoms with van der Waals surface area (Å²) in [7, 11) is -2.06. The Hall–Kier alpha value is -3.89. The number of carbonyl (C=O) groups excluding carboxylic acids is 1. The van der Waals surface area contributed by atoms with Gasteiger partial charge in [-0.15, -0.1) is 0 Å². The number of amides is 1. The molecule has 2 unspecified atom stereocenters. The normalized spacial score (nSPS) is 17.7. The van der Waals surface area contributed by atoms with Gasteiger partial charge in [0.05, 0.1) is 36.3 Å². The van der Waals surface area contributed by atoms with Gasteiger partial charge in [0.25, 0.3) is 5.91 Å². The summed E-state index contributed by atoms with van der Waals surface area (Å²) in [4.78, 5) is 13.0. The van der Waals surface area contributed by atoms with Crippen LogP contribution < -0.4 is 14.4 Å². The Morgan fingerprint density at radius 3 is 2.29 bits per heavy atom. The fourth-order valence-electron chi connectivity index (χ4n) is 4.67. The fourth-order valence-corrected chi connectivity index (χ4v) is 5.66. The highest BCUT2D eigenvalue weighted by Crippen LogP contribution is 2.42. The van der Waals surface area contributed by atoms with Crippen LogP contribution in [0.5, 0.6) is 11.5 Å². The first-order chi connectivity index (χ1) is 18.0. The number of hydrogen-bond acceptors (Lipinski definition) is 6. The smallest absolute Gasteiger partial charge is 0.255 e. The van der Waals surface area contributed by atoms with Gasteiger partial charge in [-0.25, -0.2) is 12.8 Å². The van der Waals surface area contributed by atoms with Crippen LogP contribution >= 0.6 is 0 Å². The number of fused-ring (bicyclic) bond motifs is 2. The molecule has 198 valence electrons. The molecule has 3 aromatic carbocycles. The molecule has 10 heteroatoms. The molecule has 0 radical (unpaired) electrons. The minimum absolute atomic E-state index is 0.160. The van der Waals surface area contributed by atoms with Crippen molar-refractivity contribution in [1.29, 1.82) is 0 Å². The topological polar surface area (TPSA) is 98.1 Å². The maximum absolute atomic E-state index is 13.2. The van der Waals surface area contributed by atoms with E-state index in [2.05, 4.69) is 5.32 Å². The number of nitrogens with zero attached hydrogens (tertiary/aromatic N) is 1. The monoisotopic (exact) mass is 538 g/mol. The van der Waals surface area contributed by atoms with Gasteiger partial charge in [-0.05, 0) is 68.4 Å². The van der Waals surface area contributed by atoms with Crippen LogP contribution in [-0.4, -0.2) is 40.3 Å². The number of furan rings is 1. The van der Waals surface area contributed by atoms with E-state index in [0.717, 1.165) is 6.26 Å². The van der Waals surface area contributed by atoms with Crippen molar-refractivity contribution in [2.24, 2.45) is 0 Å². The molecule has 1 aromatic heterocycles. The number of ether oxygens (including phenoxy) is 2. The quantitative estimate of drug-likeness (QED) is 0.353. The van der Waals surface area contributed by atoms with E-state index in [4.69, 9.17) is 13.9 Å². The average Bonchev–Trinajstić information content (AvgIpc) is 3.19. The van der Waals surface area contributed by atoms with Gasteiger partial charge >= 0.3 is 0 Å². The molecule has 5 rings (SSSR count). The van der Waals surface area contributed by atoms with E-state index in [9.17, 15) is 17.6 Å². The Kier molecular flexibility index (Phi) is 6.62. The van der Waals surface area contributed by atoms with Crippen LogP contribution in [0.15, 0.2) is 65.1 Å². The zero-order valence-corrected chi connectivity index (χ0v) is 22.1. The van der Waals surface area contributed by atoms with E-state index < -0.39 is 16.1 Å². The summed E-state index contributed by atoms with van der Waals surface area (Å²) in [5, 5.41) is 3.21. The van der Waals surface area contributed by atoms with Crippen molar-refractivity contribution in [3.63, 3.8) is 0 Å². The van der Waals surface area contributed by atoms with E-state index in [0.29, 0.717) is 50.6 Å². The van der Waals surface area contributed by atoms with E-state index in [1.165, 1.54) is 35.6 Å². The number of carbonyl (C=O) groups is 1. The summed E-state index contributed by atoms with van der Waals surface area (Å²) in [5.74, 6) is 0.637. The molecule has 2 atom stereocenters. The van der Waals surface area contributed by atoms with E-state index in [1.807, 2.05) is 13.8 Å². The van der Waals surface area contributed by atoms with Gasteiger partial charge in [0.15, 0.2) is 0 Å². The first-order valence-corrected chi connectivity index (χ1v) is 13.9. The summed E-state index contributed by atoms with van der Waals surface area (Å²) in [5.41, 5.74) is 2.43.